The molecule has 0 radical (unpaired) electrons. The fourth-order valence-electron chi connectivity index (χ4n) is 5.42. The number of aryl methyl sites for hydroxylation is 1. The average molecular weight is 536 g/mol. The molecule has 0 spiro atoms. The molecular formula is C29H40Cl2N2O3. The van der Waals surface area contributed by atoms with Crippen LogP contribution < -0.4 is 14.2 Å². The minimum absolute atomic E-state index is 0. The van der Waals surface area contributed by atoms with Gasteiger partial charge < -0.3 is 14.2 Å². The highest BCUT2D eigenvalue weighted by molar-refractivity contribution is 5.88. The molecule has 0 aromatic heterocycles. The zero-order chi connectivity index (χ0) is 24.4. The molecule has 5 nitrogen and oxygen atoms in total. The van der Waals surface area contributed by atoms with Crippen molar-refractivity contribution in [1.82, 2.24) is 9.80 Å². The number of nitrogens with zero attached hydrogens (tertiary/aromatic N) is 2. The van der Waals surface area contributed by atoms with Gasteiger partial charge in [0.05, 0.1) is 27.5 Å². The van der Waals surface area contributed by atoms with Crippen molar-refractivity contribution in [3.05, 3.63) is 64.7 Å². The average Bonchev–Trinajstić information content (AvgIpc) is 2.87. The van der Waals surface area contributed by atoms with Crippen LogP contribution >= 0.6 is 24.8 Å². The number of ether oxygens (including phenoxy) is 3. The number of benzene rings is 3. The van der Waals surface area contributed by atoms with E-state index in [-0.39, 0.29) is 24.8 Å². The Kier molecular flexibility index (Phi) is 10.7. The highest BCUT2D eigenvalue weighted by atomic mass is 35.5. The summed E-state index contributed by atoms with van der Waals surface area (Å²) in [6.07, 6.45) is 2.43. The molecular weight excluding hydrogens is 495 g/mol. The van der Waals surface area contributed by atoms with Crippen LogP contribution in [0, 0.1) is 6.92 Å². The SMILES string of the molecule is CCC(N1CCc2cc(OC)c(OC)cc2C1)N(C)C(C)c1ccc2c(C)c(OC)ccc2c1.Cl.Cl. The van der Waals surface area contributed by atoms with Crippen LogP contribution in [0.1, 0.15) is 48.6 Å². The van der Waals surface area contributed by atoms with Gasteiger partial charge in [-0.1, -0.05) is 25.1 Å². The molecule has 0 bridgehead atoms. The van der Waals surface area contributed by atoms with Crippen LogP contribution in [0.4, 0.5) is 0 Å². The van der Waals surface area contributed by atoms with E-state index in [2.05, 4.69) is 80.1 Å². The minimum atomic E-state index is 0. The largest absolute Gasteiger partial charge is 0.496 e. The lowest BCUT2D eigenvalue weighted by molar-refractivity contribution is 0.0232. The third-order valence-electron chi connectivity index (χ3n) is 7.58. The van der Waals surface area contributed by atoms with Crippen molar-refractivity contribution in [1.29, 1.82) is 0 Å². The van der Waals surface area contributed by atoms with Crippen molar-refractivity contribution < 1.29 is 14.2 Å². The molecule has 0 saturated heterocycles. The monoisotopic (exact) mass is 534 g/mol. The highest BCUT2D eigenvalue weighted by Crippen LogP contribution is 2.35. The van der Waals surface area contributed by atoms with E-state index in [9.17, 15) is 0 Å². The number of fused-ring (bicyclic) bond motifs is 2. The normalized spacial score (nSPS) is 14.9. The molecule has 1 heterocycles. The van der Waals surface area contributed by atoms with Gasteiger partial charge in [-0.15, -0.1) is 24.8 Å². The van der Waals surface area contributed by atoms with Gasteiger partial charge in [-0.3, -0.25) is 9.80 Å². The first-order valence-corrected chi connectivity index (χ1v) is 12.2. The molecule has 7 heteroatoms. The summed E-state index contributed by atoms with van der Waals surface area (Å²) in [5, 5.41) is 2.51. The molecule has 2 atom stereocenters. The zero-order valence-corrected chi connectivity index (χ0v) is 24.1. The van der Waals surface area contributed by atoms with Gasteiger partial charge in [0, 0.05) is 19.1 Å². The summed E-state index contributed by atoms with van der Waals surface area (Å²) in [5.74, 6) is 2.56. The summed E-state index contributed by atoms with van der Waals surface area (Å²) in [5.41, 5.74) is 5.22. The Bertz CT molecular complexity index is 1170. The van der Waals surface area contributed by atoms with Crippen LogP contribution in [0.2, 0.25) is 0 Å². The lowest BCUT2D eigenvalue weighted by atomic mass is 9.96. The second-order valence-electron chi connectivity index (χ2n) is 9.30. The van der Waals surface area contributed by atoms with Gasteiger partial charge in [0.15, 0.2) is 11.5 Å². The molecule has 0 fully saturated rings. The van der Waals surface area contributed by atoms with E-state index in [1.165, 1.54) is 33.0 Å². The molecule has 2 unspecified atom stereocenters. The van der Waals surface area contributed by atoms with Gasteiger partial charge in [0.25, 0.3) is 0 Å². The molecule has 0 amide bonds. The molecule has 1 aliphatic rings. The quantitative estimate of drug-likeness (QED) is 0.317. The Balaban J connectivity index is 0.00000228. The predicted molar refractivity (Wildman–Crippen MR) is 154 cm³/mol. The van der Waals surface area contributed by atoms with E-state index < -0.39 is 0 Å². The highest BCUT2D eigenvalue weighted by Gasteiger charge is 2.29. The van der Waals surface area contributed by atoms with Crippen molar-refractivity contribution in [2.45, 2.75) is 52.4 Å². The second kappa shape index (κ2) is 12.9. The van der Waals surface area contributed by atoms with Crippen LogP contribution in [-0.4, -0.2) is 50.9 Å². The summed E-state index contributed by atoms with van der Waals surface area (Å²) in [6.45, 7) is 8.68. The summed E-state index contributed by atoms with van der Waals surface area (Å²) < 4.78 is 16.6. The van der Waals surface area contributed by atoms with Gasteiger partial charge in [-0.05, 0) is 91.0 Å². The van der Waals surface area contributed by atoms with E-state index in [0.717, 1.165) is 43.2 Å². The maximum atomic E-state index is 5.56. The van der Waals surface area contributed by atoms with Crippen molar-refractivity contribution >= 4 is 35.6 Å². The lowest BCUT2D eigenvalue weighted by Crippen LogP contribution is -2.49. The van der Waals surface area contributed by atoms with Crippen molar-refractivity contribution in [2.24, 2.45) is 0 Å². The van der Waals surface area contributed by atoms with Gasteiger partial charge in [0.1, 0.15) is 5.75 Å². The van der Waals surface area contributed by atoms with Gasteiger partial charge >= 0.3 is 0 Å². The third kappa shape index (κ3) is 5.70. The van der Waals surface area contributed by atoms with E-state index in [1.807, 2.05) is 0 Å². The fraction of sp³-hybridized carbons (Fsp3) is 0.448. The first kappa shape index (κ1) is 30.0. The smallest absolute Gasteiger partial charge is 0.161 e. The molecule has 0 aliphatic carbocycles. The molecule has 3 aromatic carbocycles. The summed E-state index contributed by atoms with van der Waals surface area (Å²) in [6, 6.07) is 15.7. The van der Waals surface area contributed by atoms with E-state index in [1.54, 1.807) is 21.3 Å². The number of rotatable bonds is 8. The standard InChI is InChI=1S/C29H38N2O3.2ClH/c1-8-29(31-14-13-22-16-27(33-6)28(34-7)17-24(22)18-31)30(4)20(3)21-9-11-25-19(2)26(32-5)12-10-23(25)15-21;;/h9-12,15-17,20,29H,8,13-14,18H2,1-7H3;2*1H. The van der Waals surface area contributed by atoms with Crippen LogP contribution in [-0.2, 0) is 13.0 Å². The molecule has 1 aliphatic heterocycles. The Morgan fingerprint density at radius 1 is 0.889 bits per heavy atom. The van der Waals surface area contributed by atoms with Crippen LogP contribution in [0.15, 0.2) is 42.5 Å². The Labute approximate surface area is 228 Å². The maximum Gasteiger partial charge on any atom is 0.161 e. The van der Waals surface area contributed by atoms with E-state index in [4.69, 9.17) is 14.2 Å². The van der Waals surface area contributed by atoms with Crippen molar-refractivity contribution in [2.75, 3.05) is 34.9 Å². The van der Waals surface area contributed by atoms with E-state index >= 15 is 0 Å². The van der Waals surface area contributed by atoms with Crippen LogP contribution in [0.3, 0.4) is 0 Å². The Hall–Kier alpha value is -2.18. The summed E-state index contributed by atoms with van der Waals surface area (Å²) >= 11 is 0. The number of methoxy groups -OCH3 is 3. The minimum Gasteiger partial charge on any atom is -0.496 e. The fourth-order valence-corrected chi connectivity index (χ4v) is 5.42. The molecule has 198 valence electrons. The van der Waals surface area contributed by atoms with Crippen LogP contribution in [0.25, 0.3) is 10.8 Å². The zero-order valence-electron chi connectivity index (χ0n) is 22.5. The Morgan fingerprint density at radius 3 is 2.14 bits per heavy atom. The lowest BCUT2D eigenvalue weighted by Gasteiger charge is -2.42. The van der Waals surface area contributed by atoms with Crippen molar-refractivity contribution in [3.8, 4) is 17.2 Å². The Morgan fingerprint density at radius 2 is 1.53 bits per heavy atom. The van der Waals surface area contributed by atoms with Gasteiger partial charge in [-0.2, -0.15) is 0 Å². The van der Waals surface area contributed by atoms with Crippen molar-refractivity contribution in [3.63, 3.8) is 0 Å². The van der Waals surface area contributed by atoms with E-state index in [0.29, 0.717) is 12.2 Å². The van der Waals surface area contributed by atoms with Gasteiger partial charge in [0.2, 0.25) is 0 Å². The topological polar surface area (TPSA) is 34.2 Å². The summed E-state index contributed by atoms with van der Waals surface area (Å²) in [7, 11) is 7.40. The third-order valence-corrected chi connectivity index (χ3v) is 7.58. The summed E-state index contributed by atoms with van der Waals surface area (Å²) in [4.78, 5) is 5.12. The second-order valence-corrected chi connectivity index (χ2v) is 9.30. The first-order chi connectivity index (χ1) is 16.4. The molecule has 4 rings (SSSR count). The number of hydrogen-bond donors (Lipinski definition) is 0. The molecule has 36 heavy (non-hydrogen) atoms. The molecule has 3 aromatic rings. The predicted octanol–water partition coefficient (Wildman–Crippen LogP) is 6.80. The van der Waals surface area contributed by atoms with Gasteiger partial charge in [-0.25, -0.2) is 0 Å². The van der Waals surface area contributed by atoms with Crippen LogP contribution in [0.5, 0.6) is 17.2 Å². The molecule has 0 N–H and O–H groups in total. The first-order valence-electron chi connectivity index (χ1n) is 12.2. The maximum absolute atomic E-state index is 5.56. The number of halogens is 2. The number of hydrogen-bond acceptors (Lipinski definition) is 5. The molecule has 0 saturated carbocycles.